The van der Waals surface area contributed by atoms with E-state index in [2.05, 4.69) is 12.6 Å². The van der Waals surface area contributed by atoms with Gasteiger partial charge in [0.2, 0.25) is 0 Å². The summed E-state index contributed by atoms with van der Waals surface area (Å²) < 4.78 is 17.3. The fourth-order valence-electron chi connectivity index (χ4n) is 0. The number of hydrogen-bond donors (Lipinski definition) is 2. The molecule has 0 aliphatic rings. The second kappa shape index (κ2) is 2.60. The largest absolute Gasteiger partial charge is 0.305 e. The van der Waals surface area contributed by atoms with Crippen LogP contribution in [-0.2, 0) is 11.1 Å². The molecular weight excluding hydrogens is 120 g/mol. The number of rotatable bonds is 1. The van der Waals surface area contributed by atoms with E-state index in [-0.39, 0.29) is 0 Å². The molecule has 0 spiro atoms. The zero-order chi connectivity index (χ0) is 5.15. The summed E-state index contributed by atoms with van der Waals surface area (Å²) in [6.07, 6.45) is 0. The van der Waals surface area contributed by atoms with Crippen LogP contribution in [0.15, 0.2) is 0 Å². The van der Waals surface area contributed by atoms with Crippen molar-refractivity contribution in [3.63, 3.8) is 0 Å². The average Bonchev–Trinajstić information content (AvgIpc) is 1.36. The van der Waals surface area contributed by atoms with E-state index < -0.39 is 15.7 Å². The molecule has 0 aliphatic heterocycles. The van der Waals surface area contributed by atoms with Crippen LogP contribution >= 0.6 is 12.6 Å². The number of hydrogen-bond acceptors (Lipinski definition) is 2. The Hall–Kier alpha value is 0.460. The van der Waals surface area contributed by atoms with E-state index in [9.17, 15) is 4.21 Å². The molecule has 2 nitrogen and oxygen atoms in total. The minimum atomic E-state index is -1.75. The maximum Gasteiger partial charge on any atom is 0.165 e. The van der Waals surface area contributed by atoms with Crippen LogP contribution in [0.5, 0.6) is 0 Å². The molecular formula is C2H6O2S2. The summed E-state index contributed by atoms with van der Waals surface area (Å²) >= 11 is 1.89. The second-order valence-electron chi connectivity index (χ2n) is 0.875. The van der Waals surface area contributed by atoms with Gasteiger partial charge in [-0.1, -0.05) is 0 Å². The third-order valence-electron chi connectivity index (χ3n) is 0.292. The molecule has 0 saturated carbocycles. The first kappa shape index (κ1) is 6.46. The van der Waals surface area contributed by atoms with Crippen LogP contribution in [0.4, 0.5) is 0 Å². The van der Waals surface area contributed by atoms with E-state index >= 15 is 0 Å². The van der Waals surface area contributed by atoms with Gasteiger partial charge in [-0.05, 0) is 6.92 Å². The molecule has 0 fully saturated rings. The zero-order valence-electron chi connectivity index (χ0n) is 3.29. The van der Waals surface area contributed by atoms with Gasteiger partial charge in [0.25, 0.3) is 0 Å². The molecule has 1 N–H and O–H groups in total. The fraction of sp³-hybridized carbons (Fsp3) is 1.00. The van der Waals surface area contributed by atoms with Crippen LogP contribution in [0.1, 0.15) is 6.92 Å². The Balaban J connectivity index is 3.26. The van der Waals surface area contributed by atoms with E-state index in [0.717, 1.165) is 0 Å². The van der Waals surface area contributed by atoms with Crippen molar-refractivity contribution in [2.24, 2.45) is 0 Å². The Morgan fingerprint density at radius 3 is 2.17 bits per heavy atom. The van der Waals surface area contributed by atoms with Gasteiger partial charge in [-0.15, -0.1) is 0 Å². The SMILES string of the molecule is CC(S)S(=O)O. The number of thiol groups is 1. The van der Waals surface area contributed by atoms with E-state index in [1.165, 1.54) is 0 Å². The van der Waals surface area contributed by atoms with Crippen LogP contribution < -0.4 is 0 Å². The summed E-state index contributed by atoms with van der Waals surface area (Å²) in [6.45, 7) is 1.55. The molecule has 4 heteroatoms. The Morgan fingerprint density at radius 1 is 2.00 bits per heavy atom. The van der Waals surface area contributed by atoms with Gasteiger partial charge < -0.3 is 4.55 Å². The molecule has 0 aromatic carbocycles. The first-order chi connectivity index (χ1) is 2.64. The highest BCUT2D eigenvalue weighted by atomic mass is 32.2. The molecule has 0 amide bonds. The molecule has 2 unspecified atom stereocenters. The van der Waals surface area contributed by atoms with Gasteiger partial charge >= 0.3 is 0 Å². The minimum Gasteiger partial charge on any atom is -0.305 e. The Morgan fingerprint density at radius 2 is 2.17 bits per heavy atom. The Bertz CT molecular complexity index is 60.6. The molecule has 2 atom stereocenters. The van der Waals surface area contributed by atoms with Gasteiger partial charge in [0.1, 0.15) is 4.58 Å². The lowest BCUT2D eigenvalue weighted by Gasteiger charge is -1.90. The molecule has 0 saturated heterocycles. The summed E-state index contributed by atoms with van der Waals surface area (Å²) in [5, 5.41) is 0. The van der Waals surface area contributed by atoms with Crippen LogP contribution in [0.2, 0.25) is 0 Å². The van der Waals surface area contributed by atoms with Crippen LogP contribution in [0.25, 0.3) is 0 Å². The quantitative estimate of drug-likeness (QED) is 0.396. The van der Waals surface area contributed by atoms with Crippen molar-refractivity contribution in [3.8, 4) is 0 Å². The monoisotopic (exact) mass is 126 g/mol. The average molecular weight is 126 g/mol. The van der Waals surface area contributed by atoms with Gasteiger partial charge in [0.05, 0.1) is 0 Å². The highest BCUT2D eigenvalue weighted by Crippen LogP contribution is 1.93. The van der Waals surface area contributed by atoms with E-state index in [1.807, 2.05) is 0 Å². The van der Waals surface area contributed by atoms with Crippen molar-refractivity contribution in [1.29, 1.82) is 0 Å². The molecule has 38 valence electrons. The predicted molar refractivity (Wildman–Crippen MR) is 29.2 cm³/mol. The summed E-state index contributed by atoms with van der Waals surface area (Å²) in [4.78, 5) is 0. The smallest absolute Gasteiger partial charge is 0.165 e. The third kappa shape index (κ3) is 2.68. The van der Waals surface area contributed by atoms with Crippen LogP contribution in [0.3, 0.4) is 0 Å². The van der Waals surface area contributed by atoms with Crippen molar-refractivity contribution in [3.05, 3.63) is 0 Å². The highest BCUT2D eigenvalue weighted by molar-refractivity contribution is 7.98. The van der Waals surface area contributed by atoms with Crippen molar-refractivity contribution >= 4 is 23.7 Å². The minimum absolute atomic E-state index is 0.426. The molecule has 0 heterocycles. The molecule has 0 bridgehead atoms. The molecule has 0 radical (unpaired) electrons. The lowest BCUT2D eigenvalue weighted by Crippen LogP contribution is -1.98. The molecule has 0 rings (SSSR count). The topological polar surface area (TPSA) is 37.3 Å². The lowest BCUT2D eigenvalue weighted by atomic mass is 11.0. The van der Waals surface area contributed by atoms with Gasteiger partial charge in [-0.25, -0.2) is 4.21 Å². The Labute approximate surface area is 44.6 Å². The summed E-state index contributed by atoms with van der Waals surface area (Å²) in [6, 6.07) is 0. The molecule has 6 heavy (non-hydrogen) atoms. The molecule has 0 aromatic rings. The fourth-order valence-corrected chi connectivity index (χ4v) is 0. The van der Waals surface area contributed by atoms with Crippen molar-refractivity contribution in [2.75, 3.05) is 0 Å². The van der Waals surface area contributed by atoms with Gasteiger partial charge in [-0.3, -0.25) is 0 Å². The van der Waals surface area contributed by atoms with Crippen LogP contribution in [0, 0.1) is 0 Å². The van der Waals surface area contributed by atoms with E-state index in [0.29, 0.717) is 0 Å². The second-order valence-corrected chi connectivity index (χ2v) is 3.26. The van der Waals surface area contributed by atoms with Gasteiger partial charge in [0, 0.05) is 0 Å². The summed E-state index contributed by atoms with van der Waals surface area (Å²) in [7, 11) is 0. The van der Waals surface area contributed by atoms with Crippen molar-refractivity contribution in [1.82, 2.24) is 0 Å². The maximum absolute atomic E-state index is 9.73. The standard InChI is InChI=1S/C2H6O2S2/c1-2(5)6(3)4/h2,5H,1H3,(H,3,4). The van der Waals surface area contributed by atoms with Crippen molar-refractivity contribution in [2.45, 2.75) is 11.5 Å². The highest BCUT2D eigenvalue weighted by Gasteiger charge is 1.96. The maximum atomic E-state index is 9.73. The Kier molecular flexibility index (Phi) is 2.80. The molecule has 0 aliphatic carbocycles. The third-order valence-corrected chi connectivity index (χ3v) is 1.42. The lowest BCUT2D eigenvalue weighted by molar-refractivity contribution is 0.563. The predicted octanol–water partition coefficient (Wildman–Crippen LogP) is 0.484. The first-order valence-corrected chi connectivity index (χ1v) is 3.11. The first-order valence-electron chi connectivity index (χ1n) is 1.42. The van der Waals surface area contributed by atoms with E-state index in [1.54, 1.807) is 6.92 Å². The van der Waals surface area contributed by atoms with E-state index in [4.69, 9.17) is 4.55 Å². The van der Waals surface area contributed by atoms with Crippen LogP contribution in [-0.4, -0.2) is 13.3 Å². The van der Waals surface area contributed by atoms with Gasteiger partial charge in [0.15, 0.2) is 11.1 Å². The summed E-state index contributed by atoms with van der Waals surface area (Å²) in [5.74, 6) is 0. The van der Waals surface area contributed by atoms with Gasteiger partial charge in [-0.2, -0.15) is 12.6 Å². The molecule has 0 aromatic heterocycles. The summed E-state index contributed by atoms with van der Waals surface area (Å²) in [5.41, 5.74) is 0. The normalized spacial score (nSPS) is 19.8. The zero-order valence-corrected chi connectivity index (χ0v) is 5.00. The van der Waals surface area contributed by atoms with Crippen molar-refractivity contribution < 1.29 is 8.76 Å².